The molecule has 0 aromatic heterocycles. The molecule has 3 aliphatic heterocycles. The number of carbonyl (C=O) groups excluding carboxylic acids is 2. The largest absolute Gasteiger partial charge is 0.418 e. The molecule has 0 saturated carbocycles. The van der Waals surface area contributed by atoms with Gasteiger partial charge in [-0.3, -0.25) is 14.2 Å². The summed E-state index contributed by atoms with van der Waals surface area (Å²) in [5.41, 5.74) is 7.96. The van der Waals surface area contributed by atoms with Gasteiger partial charge >= 0.3 is 16.4 Å². The van der Waals surface area contributed by atoms with E-state index >= 15 is 0 Å². The topological polar surface area (TPSA) is 164 Å². The van der Waals surface area contributed by atoms with E-state index in [-0.39, 0.29) is 19.2 Å². The molecule has 26 heavy (non-hydrogen) atoms. The first-order valence-electron chi connectivity index (χ1n) is 8.40. The molecule has 3 fully saturated rings. The summed E-state index contributed by atoms with van der Waals surface area (Å²) in [5.74, 6) is -0.0931. The van der Waals surface area contributed by atoms with Crippen LogP contribution in [0.5, 0.6) is 0 Å². The molecule has 3 aliphatic rings. The van der Waals surface area contributed by atoms with Crippen LogP contribution in [0.3, 0.4) is 0 Å². The third kappa shape index (κ3) is 4.24. The molecule has 0 aliphatic carbocycles. The Kier molecular flexibility index (Phi) is 5.64. The van der Waals surface area contributed by atoms with Gasteiger partial charge in [0, 0.05) is 12.6 Å². The van der Waals surface area contributed by atoms with Crippen LogP contribution in [0.4, 0.5) is 4.79 Å². The third-order valence-electron chi connectivity index (χ3n) is 4.90. The minimum atomic E-state index is -4.81. The molecule has 0 radical (unpaired) electrons. The van der Waals surface area contributed by atoms with Crippen LogP contribution in [-0.4, -0.2) is 79.2 Å². The Bertz CT molecular complexity index is 659. The minimum absolute atomic E-state index is 0.103. The summed E-state index contributed by atoms with van der Waals surface area (Å²) in [4.78, 5) is 31.0. The first-order chi connectivity index (χ1) is 12.3. The lowest BCUT2D eigenvalue weighted by Crippen LogP contribution is -2.50. The monoisotopic (exact) mass is 393 g/mol. The average molecular weight is 393 g/mol. The summed E-state index contributed by atoms with van der Waals surface area (Å²) < 4.78 is 34.8. The van der Waals surface area contributed by atoms with E-state index in [0.29, 0.717) is 30.4 Å². The third-order valence-corrected chi connectivity index (χ3v) is 5.25. The number of hydrogen-bond acceptors (Lipinski definition) is 8. The number of rotatable bonds is 7. The van der Waals surface area contributed by atoms with Crippen LogP contribution < -0.4 is 16.5 Å². The van der Waals surface area contributed by atoms with Crippen molar-refractivity contribution >= 4 is 22.3 Å². The highest BCUT2D eigenvalue weighted by Gasteiger charge is 2.49. The number of fused-ring (bicyclic) bond motifs is 2. The highest BCUT2D eigenvalue weighted by atomic mass is 32.3. The van der Waals surface area contributed by atoms with Crippen molar-refractivity contribution in [3.8, 4) is 0 Å². The van der Waals surface area contributed by atoms with Gasteiger partial charge in [-0.15, -0.1) is 4.28 Å². The normalized spacial score (nSPS) is 31.5. The van der Waals surface area contributed by atoms with E-state index in [4.69, 9.17) is 15.1 Å². The Morgan fingerprint density at radius 1 is 1.42 bits per heavy atom. The van der Waals surface area contributed by atoms with Gasteiger partial charge in [-0.25, -0.2) is 10.3 Å². The van der Waals surface area contributed by atoms with Gasteiger partial charge in [0.1, 0.15) is 6.04 Å². The van der Waals surface area contributed by atoms with Crippen LogP contribution in [0, 0.1) is 5.92 Å². The standard InChI is InChI=1S/C13H23N5O7S/c14-4-8-3-9(15-5-8)7-24-16-12(19)11-2-1-10-6-17(11)13(20)18(10)25-26(21,22)23/h8-11,15H,1-7,14H2,(H,16,19)(H,21,22,23)/t8-,9+,10-,11+/m1/s1. The summed E-state index contributed by atoms with van der Waals surface area (Å²) in [6, 6.07) is -2.01. The summed E-state index contributed by atoms with van der Waals surface area (Å²) >= 11 is 0. The van der Waals surface area contributed by atoms with Crippen molar-refractivity contribution < 1.29 is 31.7 Å². The van der Waals surface area contributed by atoms with Crippen LogP contribution >= 0.6 is 0 Å². The van der Waals surface area contributed by atoms with E-state index < -0.39 is 34.4 Å². The molecular weight excluding hydrogens is 370 g/mol. The maximum Gasteiger partial charge on any atom is 0.418 e. The molecule has 0 unspecified atom stereocenters. The Morgan fingerprint density at radius 3 is 2.85 bits per heavy atom. The molecule has 0 aromatic rings. The van der Waals surface area contributed by atoms with Crippen molar-refractivity contribution in [2.45, 2.75) is 37.4 Å². The van der Waals surface area contributed by atoms with Crippen LogP contribution in [0.2, 0.25) is 0 Å². The molecule has 0 spiro atoms. The maximum absolute atomic E-state index is 12.3. The molecule has 3 heterocycles. The number of piperidine rings is 1. The SMILES string of the molecule is NC[C@@H]1CN[C@H](CONC(=O)[C@@H]2CC[C@@H]3CN2C(=O)N3OS(=O)(=O)O)C1. The molecule has 5 N–H and O–H groups in total. The van der Waals surface area contributed by atoms with Crippen molar-refractivity contribution in [2.75, 3.05) is 26.2 Å². The lowest BCUT2D eigenvalue weighted by atomic mass is 10.0. The van der Waals surface area contributed by atoms with Crippen LogP contribution in [0.15, 0.2) is 0 Å². The molecule has 3 saturated heterocycles. The van der Waals surface area contributed by atoms with Gasteiger partial charge < -0.3 is 16.0 Å². The van der Waals surface area contributed by atoms with Crippen LogP contribution in [0.1, 0.15) is 19.3 Å². The smallest absolute Gasteiger partial charge is 0.330 e. The zero-order valence-corrected chi connectivity index (χ0v) is 14.9. The number of hydrogen-bond donors (Lipinski definition) is 4. The molecule has 0 aromatic carbocycles. The number of nitrogens with two attached hydrogens (primary N) is 1. The lowest BCUT2D eigenvalue weighted by Gasteiger charge is -2.29. The Balaban J connectivity index is 1.49. The van der Waals surface area contributed by atoms with Crippen molar-refractivity contribution in [1.29, 1.82) is 0 Å². The fourth-order valence-electron chi connectivity index (χ4n) is 3.59. The molecule has 4 atom stereocenters. The first kappa shape index (κ1) is 19.3. The van der Waals surface area contributed by atoms with Gasteiger partial charge in [-0.2, -0.15) is 13.5 Å². The fourth-order valence-corrected chi connectivity index (χ4v) is 3.98. The van der Waals surface area contributed by atoms with E-state index in [0.717, 1.165) is 13.0 Å². The van der Waals surface area contributed by atoms with Gasteiger partial charge in [0.25, 0.3) is 5.91 Å². The lowest BCUT2D eigenvalue weighted by molar-refractivity contribution is -0.139. The average Bonchev–Trinajstić information content (AvgIpc) is 3.13. The van der Waals surface area contributed by atoms with Gasteiger partial charge in [0.05, 0.1) is 12.6 Å². The zero-order valence-electron chi connectivity index (χ0n) is 14.0. The molecule has 3 amide bonds. The van der Waals surface area contributed by atoms with Gasteiger partial charge in [-0.05, 0) is 38.3 Å². The Morgan fingerprint density at radius 2 is 2.19 bits per heavy atom. The van der Waals surface area contributed by atoms with Gasteiger partial charge in [0.2, 0.25) is 0 Å². The summed E-state index contributed by atoms with van der Waals surface area (Å²) in [6.45, 7) is 1.82. The van der Waals surface area contributed by atoms with Crippen molar-refractivity contribution in [2.24, 2.45) is 11.7 Å². The number of nitrogens with zero attached hydrogens (tertiary/aromatic N) is 2. The number of carbonyl (C=O) groups is 2. The highest BCUT2D eigenvalue weighted by Crippen LogP contribution is 2.30. The Labute approximate surface area is 150 Å². The molecule has 13 heteroatoms. The number of hydroxylamine groups is 3. The summed E-state index contributed by atoms with van der Waals surface area (Å²) in [5, 5.41) is 3.84. The molecule has 2 bridgehead atoms. The van der Waals surface area contributed by atoms with Crippen molar-refractivity contribution in [3.05, 3.63) is 0 Å². The predicted molar refractivity (Wildman–Crippen MR) is 86.4 cm³/mol. The summed E-state index contributed by atoms with van der Waals surface area (Å²) in [7, 11) is -4.81. The predicted octanol–water partition coefficient (Wildman–Crippen LogP) is -2.03. The minimum Gasteiger partial charge on any atom is -0.330 e. The summed E-state index contributed by atoms with van der Waals surface area (Å²) in [6.07, 6.45) is 1.55. The second kappa shape index (κ2) is 7.62. The number of nitrogens with one attached hydrogen (secondary N) is 2. The molecule has 148 valence electrons. The van der Waals surface area contributed by atoms with E-state index in [9.17, 15) is 18.0 Å². The van der Waals surface area contributed by atoms with E-state index in [1.165, 1.54) is 4.90 Å². The van der Waals surface area contributed by atoms with Crippen LogP contribution in [-0.2, 0) is 24.3 Å². The second-order valence-corrected chi connectivity index (χ2v) is 7.73. The fraction of sp³-hybridized carbons (Fsp3) is 0.846. The van der Waals surface area contributed by atoms with Gasteiger partial charge in [-0.1, -0.05) is 0 Å². The van der Waals surface area contributed by atoms with E-state index in [1.807, 2.05) is 0 Å². The molecule has 3 rings (SSSR count). The maximum atomic E-state index is 12.3. The van der Waals surface area contributed by atoms with Gasteiger partial charge in [0.15, 0.2) is 0 Å². The van der Waals surface area contributed by atoms with Crippen LogP contribution in [0.25, 0.3) is 0 Å². The second-order valence-electron chi connectivity index (χ2n) is 6.73. The number of amides is 3. The quantitative estimate of drug-likeness (QED) is 0.282. The van der Waals surface area contributed by atoms with E-state index in [2.05, 4.69) is 15.1 Å². The van der Waals surface area contributed by atoms with Crippen molar-refractivity contribution in [1.82, 2.24) is 20.8 Å². The zero-order chi connectivity index (χ0) is 18.9. The molecule has 12 nitrogen and oxygen atoms in total. The van der Waals surface area contributed by atoms with E-state index in [1.54, 1.807) is 0 Å². The first-order valence-corrected chi connectivity index (χ1v) is 9.77. The molecular formula is C13H23N5O7S. The van der Waals surface area contributed by atoms with Crippen molar-refractivity contribution in [3.63, 3.8) is 0 Å². The highest BCUT2D eigenvalue weighted by molar-refractivity contribution is 7.80. The number of urea groups is 1. The Hall–Kier alpha value is -1.51.